The summed E-state index contributed by atoms with van der Waals surface area (Å²) in [6.45, 7) is -3.33. The topological polar surface area (TPSA) is 496 Å². The van der Waals surface area contributed by atoms with E-state index in [1.165, 1.54) is 18.2 Å². The molecule has 1 aliphatic rings. The molecule has 360 valence electrons. The quantitative estimate of drug-likeness (QED) is 0.0214. The average Bonchev–Trinajstić information content (AvgIpc) is 3.24. The second kappa shape index (κ2) is 26.3. The lowest BCUT2D eigenvalue weighted by molar-refractivity contribution is -0.161. The van der Waals surface area contributed by atoms with Crippen molar-refractivity contribution in [3.05, 3.63) is 23.8 Å². The fourth-order valence-electron chi connectivity index (χ4n) is 5.65. The number of para-hydroxylation sites is 1. The number of aliphatic hydroxyl groups is 3. The number of amides is 7. The summed E-state index contributed by atoms with van der Waals surface area (Å²) >= 11 is 0. The normalized spacial score (nSPS) is 21.0. The van der Waals surface area contributed by atoms with Crippen LogP contribution in [0.1, 0.15) is 48.9 Å². The molecule has 1 aromatic rings. The number of phenolic OH excluding ortho intramolecular Hbond substituents is 2. The maximum absolute atomic E-state index is 13.4. The number of cyclic esters (lactones) is 1. The van der Waals surface area contributed by atoms with Crippen LogP contribution in [0.15, 0.2) is 23.2 Å². The van der Waals surface area contributed by atoms with Crippen LogP contribution in [0.25, 0.3) is 0 Å². The molecule has 0 aliphatic carbocycles. The predicted octanol–water partition coefficient (Wildman–Crippen LogP) is -8.25. The minimum atomic E-state index is -2.73. The van der Waals surface area contributed by atoms with Gasteiger partial charge in [0.05, 0.1) is 31.2 Å². The molecule has 0 spiro atoms. The van der Waals surface area contributed by atoms with E-state index in [4.69, 9.17) is 21.9 Å². The van der Waals surface area contributed by atoms with E-state index in [2.05, 4.69) is 26.3 Å². The van der Waals surface area contributed by atoms with E-state index in [9.17, 15) is 83.7 Å². The number of carbonyl (C=O) groups is 10. The molecule has 1 fully saturated rings. The number of nitrogens with two attached hydrogens (primary N) is 3. The number of esters is 1. The first-order valence-corrected chi connectivity index (χ1v) is 19.5. The molecule has 1 saturated heterocycles. The van der Waals surface area contributed by atoms with Crippen molar-refractivity contribution >= 4 is 65.2 Å². The number of aliphatic imine (C=N–C) groups is 1. The van der Waals surface area contributed by atoms with Crippen molar-refractivity contribution in [3.63, 3.8) is 0 Å². The summed E-state index contributed by atoms with van der Waals surface area (Å²) in [6, 6.07) is -5.58. The van der Waals surface area contributed by atoms with Crippen molar-refractivity contribution in [1.82, 2.24) is 37.2 Å². The van der Waals surface area contributed by atoms with Crippen molar-refractivity contribution in [2.45, 2.75) is 87.0 Å². The number of benzene rings is 1. The van der Waals surface area contributed by atoms with E-state index in [1.807, 2.05) is 10.6 Å². The van der Waals surface area contributed by atoms with Crippen molar-refractivity contribution in [3.8, 4) is 11.5 Å². The smallest absolute Gasteiger partial charge is 0.335 e. The van der Waals surface area contributed by atoms with Crippen LogP contribution in [0.2, 0.25) is 0 Å². The summed E-state index contributed by atoms with van der Waals surface area (Å²) < 4.78 is 4.97. The van der Waals surface area contributed by atoms with Gasteiger partial charge >= 0.3 is 17.9 Å². The standard InChI is InChI=1S/C36H53N11O18/c37-16(6-1-2-9-40-29(56)15-5-3-8-19(48)26(15)53)20(49)11-21(50)45-18-14-65-35(64)25(28(55)34(62)63)46-23(52)13-43-32(59)24(27(54)33(60)61)47-31(58)17(7-4-10-41-36(38)39)44-22(51)12-42-30(18)57/h3,5,8,16-18,20,24-25,27-28,48-49,53-55H,1-2,4,6-7,9-14,37H2,(H,40,56)(H,42,57)(H,43,59)(H,44,51)(H,45,50)(H,46,52)(H,47,58)(H,60,61)(H,62,63)(H4,38,39,41)/t16-,17+,18-,20+,24+,25-,27+,28+/m1/s1. The maximum atomic E-state index is 13.4. The highest BCUT2D eigenvalue weighted by Gasteiger charge is 2.38. The van der Waals surface area contributed by atoms with Crippen molar-refractivity contribution < 1.29 is 88.4 Å². The summed E-state index contributed by atoms with van der Waals surface area (Å²) in [6.07, 6.45) is -7.28. The number of ether oxygens (including phenoxy) is 1. The number of aliphatic carboxylic acids is 2. The fraction of sp³-hybridized carbons (Fsp3) is 0.528. The molecule has 0 radical (unpaired) electrons. The number of nitrogens with one attached hydrogen (secondary N) is 7. The lowest BCUT2D eigenvalue weighted by atomic mass is 10.0. The van der Waals surface area contributed by atoms with Crippen molar-refractivity contribution in [2.75, 3.05) is 32.8 Å². The van der Waals surface area contributed by atoms with Gasteiger partial charge in [0.25, 0.3) is 5.91 Å². The van der Waals surface area contributed by atoms with Gasteiger partial charge in [-0.05, 0) is 37.8 Å². The molecule has 1 aliphatic heterocycles. The van der Waals surface area contributed by atoms with Gasteiger partial charge in [-0.15, -0.1) is 0 Å². The molecule has 2 rings (SSSR count). The molecule has 0 bridgehead atoms. The van der Waals surface area contributed by atoms with Gasteiger partial charge in [0.2, 0.25) is 35.4 Å². The number of aromatic hydroxyl groups is 2. The zero-order valence-corrected chi connectivity index (χ0v) is 34.4. The Morgan fingerprint density at radius 3 is 2.06 bits per heavy atom. The highest BCUT2D eigenvalue weighted by atomic mass is 16.5. The molecule has 0 saturated carbocycles. The molecular weight excluding hydrogens is 874 g/mol. The fourth-order valence-corrected chi connectivity index (χ4v) is 5.65. The van der Waals surface area contributed by atoms with Gasteiger partial charge in [-0.25, -0.2) is 14.4 Å². The van der Waals surface area contributed by atoms with Gasteiger partial charge in [0, 0.05) is 19.1 Å². The van der Waals surface area contributed by atoms with Gasteiger partial charge in [-0.2, -0.15) is 0 Å². The number of rotatable bonds is 18. The molecule has 1 heterocycles. The number of guanidine groups is 1. The largest absolute Gasteiger partial charge is 0.504 e. The van der Waals surface area contributed by atoms with Crippen LogP contribution in [0, 0.1) is 0 Å². The second-order valence-corrected chi connectivity index (χ2v) is 14.2. The van der Waals surface area contributed by atoms with E-state index in [0.29, 0.717) is 12.8 Å². The lowest BCUT2D eigenvalue weighted by Crippen LogP contribution is -2.60. The number of phenols is 2. The highest BCUT2D eigenvalue weighted by Crippen LogP contribution is 2.28. The first kappa shape index (κ1) is 53.8. The lowest BCUT2D eigenvalue weighted by Gasteiger charge is -2.25. The Hall–Kier alpha value is -7.37. The molecular formula is C36H53N11O18. The summed E-state index contributed by atoms with van der Waals surface area (Å²) in [5, 5.41) is 83.9. The Balaban J connectivity index is 2.28. The molecule has 8 atom stereocenters. The van der Waals surface area contributed by atoms with Gasteiger partial charge in [0.1, 0.15) is 24.7 Å². The monoisotopic (exact) mass is 927 g/mol. The second-order valence-electron chi connectivity index (χ2n) is 14.2. The van der Waals surface area contributed by atoms with E-state index >= 15 is 0 Å². The number of hydrogen-bond acceptors (Lipinski definition) is 18. The summed E-state index contributed by atoms with van der Waals surface area (Å²) in [4.78, 5) is 131. The van der Waals surface area contributed by atoms with E-state index < -0.39 is 145 Å². The SMILES string of the molecule is NC(N)=NCCC[C@@H]1NC(=O)CNC(=O)[C@H](NC(=O)C[C@H](O)[C@H](N)CCCCNC(=O)c2cccc(O)c2O)COC(=O)[C@@H]([C@H](O)C(=O)O)NC(=O)CNC(=O)[C@H]([C@H](O)C(=O)O)NC1=O. The third kappa shape index (κ3) is 18.1. The van der Waals surface area contributed by atoms with Crippen LogP contribution in [-0.4, -0.2) is 182 Å². The molecule has 20 N–H and O–H groups in total. The minimum absolute atomic E-state index is 0.0225. The Morgan fingerprint density at radius 1 is 0.815 bits per heavy atom. The number of carboxylic acids is 2. The van der Waals surface area contributed by atoms with Gasteiger partial charge in [-0.3, -0.25) is 38.6 Å². The van der Waals surface area contributed by atoms with E-state index in [0.717, 1.165) is 0 Å². The number of carboxylic acid groups (broad SMARTS) is 2. The maximum Gasteiger partial charge on any atom is 0.335 e. The summed E-state index contributed by atoms with van der Waals surface area (Å²) in [7, 11) is 0. The van der Waals surface area contributed by atoms with Crippen molar-refractivity contribution in [1.29, 1.82) is 0 Å². The third-order valence-corrected chi connectivity index (χ3v) is 9.17. The zero-order chi connectivity index (χ0) is 49.0. The van der Waals surface area contributed by atoms with Crippen LogP contribution in [0.4, 0.5) is 0 Å². The minimum Gasteiger partial charge on any atom is -0.504 e. The first-order valence-electron chi connectivity index (χ1n) is 19.5. The molecule has 29 heteroatoms. The van der Waals surface area contributed by atoms with E-state index in [-0.39, 0.29) is 43.9 Å². The molecule has 29 nitrogen and oxygen atoms in total. The average molecular weight is 928 g/mol. The van der Waals surface area contributed by atoms with Crippen LogP contribution >= 0.6 is 0 Å². The highest BCUT2D eigenvalue weighted by molar-refractivity contribution is 5.99. The summed E-state index contributed by atoms with van der Waals surface area (Å²) in [5.74, 6) is -15.5. The number of nitrogens with zero attached hydrogens (tertiary/aromatic N) is 1. The molecule has 65 heavy (non-hydrogen) atoms. The summed E-state index contributed by atoms with van der Waals surface area (Å²) in [5.41, 5.74) is 16.5. The van der Waals surface area contributed by atoms with E-state index in [1.54, 1.807) is 5.32 Å². The Kier molecular flexibility index (Phi) is 21.8. The van der Waals surface area contributed by atoms with Gasteiger partial charge in [0.15, 0.2) is 35.7 Å². The van der Waals surface area contributed by atoms with Crippen LogP contribution in [-0.2, 0) is 47.9 Å². The Morgan fingerprint density at radius 2 is 1.43 bits per heavy atom. The number of aliphatic hydroxyl groups excluding tert-OH is 3. The van der Waals surface area contributed by atoms with Crippen LogP contribution < -0.4 is 54.4 Å². The molecule has 0 unspecified atom stereocenters. The molecule has 1 aromatic carbocycles. The Bertz CT molecular complexity index is 1950. The van der Waals surface area contributed by atoms with Crippen molar-refractivity contribution in [2.24, 2.45) is 22.2 Å². The zero-order valence-electron chi connectivity index (χ0n) is 34.4. The van der Waals surface area contributed by atoms with Gasteiger partial charge < -0.3 is 94.9 Å². The predicted molar refractivity (Wildman–Crippen MR) is 216 cm³/mol. The molecule has 7 amide bonds. The number of unbranched alkanes of at least 4 members (excludes halogenated alkanes) is 1. The van der Waals surface area contributed by atoms with Gasteiger partial charge in [-0.1, -0.05) is 12.5 Å². The molecule has 0 aromatic heterocycles. The Labute approximate surface area is 367 Å². The number of carbonyl (C=O) groups excluding carboxylic acids is 8. The number of hydrogen-bond donors (Lipinski definition) is 17. The third-order valence-electron chi connectivity index (χ3n) is 9.17. The first-order chi connectivity index (χ1) is 30.5. The van der Waals surface area contributed by atoms with Crippen LogP contribution in [0.3, 0.4) is 0 Å². The van der Waals surface area contributed by atoms with Crippen LogP contribution in [0.5, 0.6) is 11.5 Å².